The number of amides is 1. The molecule has 3 rings (SSSR count). The summed E-state index contributed by atoms with van der Waals surface area (Å²) in [5, 5.41) is 2.79. The molecule has 16 heavy (non-hydrogen) atoms. The highest BCUT2D eigenvalue weighted by atomic mass is 16.2. The van der Waals surface area contributed by atoms with Gasteiger partial charge in [0.1, 0.15) is 0 Å². The van der Waals surface area contributed by atoms with E-state index in [1.54, 1.807) is 7.05 Å². The molecule has 2 aliphatic carbocycles. The Balaban J connectivity index is 1.98. The third kappa shape index (κ3) is 1.22. The van der Waals surface area contributed by atoms with E-state index in [1.807, 2.05) is 0 Å². The third-order valence-corrected chi connectivity index (χ3v) is 4.26. The lowest BCUT2D eigenvalue weighted by Gasteiger charge is -2.26. The number of benzene rings is 1. The number of carbonyl (C=O) groups is 1. The lowest BCUT2D eigenvalue weighted by atomic mass is 9.78. The first kappa shape index (κ1) is 9.88. The molecule has 0 heterocycles. The lowest BCUT2D eigenvalue weighted by Crippen LogP contribution is -2.27. The SMILES string of the molecule is CNC(=O)C1CC12CCCc1ccccc12. The van der Waals surface area contributed by atoms with E-state index in [9.17, 15) is 4.79 Å². The molecule has 1 spiro atoms. The van der Waals surface area contributed by atoms with Crippen LogP contribution in [0.2, 0.25) is 0 Å². The monoisotopic (exact) mass is 215 g/mol. The molecule has 1 amide bonds. The van der Waals surface area contributed by atoms with Crippen LogP contribution in [0.3, 0.4) is 0 Å². The van der Waals surface area contributed by atoms with Crippen LogP contribution in [0, 0.1) is 5.92 Å². The Morgan fingerprint density at radius 1 is 1.44 bits per heavy atom. The van der Waals surface area contributed by atoms with E-state index in [1.165, 1.54) is 30.4 Å². The summed E-state index contributed by atoms with van der Waals surface area (Å²) in [6, 6.07) is 8.65. The summed E-state index contributed by atoms with van der Waals surface area (Å²) in [4.78, 5) is 11.7. The molecule has 1 N–H and O–H groups in total. The number of hydrogen-bond donors (Lipinski definition) is 1. The predicted molar refractivity (Wildman–Crippen MR) is 63.2 cm³/mol. The second kappa shape index (κ2) is 3.34. The smallest absolute Gasteiger partial charge is 0.223 e. The van der Waals surface area contributed by atoms with Crippen LogP contribution in [0.25, 0.3) is 0 Å². The fourth-order valence-electron chi connectivity index (χ4n) is 3.35. The molecule has 0 aromatic heterocycles. The van der Waals surface area contributed by atoms with Crippen LogP contribution in [-0.4, -0.2) is 13.0 Å². The van der Waals surface area contributed by atoms with Crippen molar-refractivity contribution in [2.45, 2.75) is 31.1 Å². The van der Waals surface area contributed by atoms with Crippen LogP contribution in [0.5, 0.6) is 0 Å². The molecular weight excluding hydrogens is 198 g/mol. The van der Waals surface area contributed by atoms with Gasteiger partial charge in [-0.2, -0.15) is 0 Å². The maximum absolute atomic E-state index is 11.7. The van der Waals surface area contributed by atoms with Crippen LogP contribution in [0.4, 0.5) is 0 Å². The van der Waals surface area contributed by atoms with Gasteiger partial charge in [-0.1, -0.05) is 24.3 Å². The Bertz CT molecular complexity index is 440. The van der Waals surface area contributed by atoms with Gasteiger partial charge in [-0.15, -0.1) is 0 Å². The van der Waals surface area contributed by atoms with Gasteiger partial charge in [-0.25, -0.2) is 0 Å². The average molecular weight is 215 g/mol. The van der Waals surface area contributed by atoms with E-state index in [-0.39, 0.29) is 17.2 Å². The molecule has 1 aromatic carbocycles. The number of aryl methyl sites for hydroxylation is 1. The first-order valence-electron chi connectivity index (χ1n) is 6.08. The largest absolute Gasteiger partial charge is 0.359 e. The minimum Gasteiger partial charge on any atom is -0.359 e. The van der Waals surface area contributed by atoms with Gasteiger partial charge < -0.3 is 5.32 Å². The second-order valence-corrected chi connectivity index (χ2v) is 5.04. The average Bonchev–Trinajstić information content (AvgIpc) is 3.04. The summed E-state index contributed by atoms with van der Waals surface area (Å²) in [5.74, 6) is 0.440. The molecule has 0 bridgehead atoms. The molecular formula is C14H17NO. The molecule has 0 aliphatic heterocycles. The zero-order valence-corrected chi connectivity index (χ0v) is 9.62. The second-order valence-electron chi connectivity index (χ2n) is 5.04. The van der Waals surface area contributed by atoms with E-state index in [4.69, 9.17) is 0 Å². The summed E-state index contributed by atoms with van der Waals surface area (Å²) in [6.07, 6.45) is 4.63. The summed E-state index contributed by atoms with van der Waals surface area (Å²) < 4.78 is 0. The first-order chi connectivity index (χ1) is 7.78. The fourth-order valence-corrected chi connectivity index (χ4v) is 3.35. The molecule has 2 atom stereocenters. The van der Waals surface area contributed by atoms with Crippen molar-refractivity contribution in [3.63, 3.8) is 0 Å². The zero-order chi connectivity index (χ0) is 11.2. The summed E-state index contributed by atoms with van der Waals surface area (Å²) in [6.45, 7) is 0. The molecule has 1 saturated carbocycles. The minimum atomic E-state index is 0.189. The van der Waals surface area contributed by atoms with Crippen molar-refractivity contribution in [1.82, 2.24) is 5.32 Å². The van der Waals surface area contributed by atoms with Crippen molar-refractivity contribution >= 4 is 5.91 Å². The van der Waals surface area contributed by atoms with E-state index >= 15 is 0 Å². The highest BCUT2D eigenvalue weighted by Crippen LogP contribution is 2.60. The Morgan fingerprint density at radius 2 is 2.25 bits per heavy atom. The number of hydrogen-bond acceptors (Lipinski definition) is 1. The van der Waals surface area contributed by atoms with Crippen LogP contribution in [0.1, 0.15) is 30.4 Å². The van der Waals surface area contributed by atoms with Gasteiger partial charge in [0.15, 0.2) is 0 Å². The fraction of sp³-hybridized carbons (Fsp3) is 0.500. The standard InChI is InChI=1S/C14H17NO/c1-15-13(16)12-9-14(12)8-4-6-10-5-2-3-7-11(10)14/h2-3,5,7,12H,4,6,8-9H2,1H3,(H,15,16). The van der Waals surface area contributed by atoms with Crippen LogP contribution in [0.15, 0.2) is 24.3 Å². The number of carbonyl (C=O) groups excluding carboxylic acids is 1. The molecule has 0 radical (unpaired) electrons. The van der Waals surface area contributed by atoms with Crippen molar-refractivity contribution < 1.29 is 4.79 Å². The Morgan fingerprint density at radius 3 is 3.06 bits per heavy atom. The lowest BCUT2D eigenvalue weighted by molar-refractivity contribution is -0.122. The van der Waals surface area contributed by atoms with Gasteiger partial charge in [-0.05, 0) is 36.8 Å². The van der Waals surface area contributed by atoms with E-state index in [0.717, 1.165) is 6.42 Å². The van der Waals surface area contributed by atoms with Crippen molar-refractivity contribution in [3.8, 4) is 0 Å². The third-order valence-electron chi connectivity index (χ3n) is 4.26. The van der Waals surface area contributed by atoms with E-state index < -0.39 is 0 Å². The molecule has 2 unspecified atom stereocenters. The van der Waals surface area contributed by atoms with Crippen molar-refractivity contribution in [2.24, 2.45) is 5.92 Å². The van der Waals surface area contributed by atoms with Gasteiger partial charge in [0, 0.05) is 18.4 Å². The quantitative estimate of drug-likeness (QED) is 0.763. The van der Waals surface area contributed by atoms with E-state index in [0.29, 0.717) is 0 Å². The van der Waals surface area contributed by atoms with Crippen molar-refractivity contribution in [1.29, 1.82) is 0 Å². The summed E-state index contributed by atoms with van der Waals surface area (Å²) in [7, 11) is 1.74. The normalized spacial score (nSPS) is 30.9. The van der Waals surface area contributed by atoms with E-state index in [2.05, 4.69) is 29.6 Å². The molecule has 2 aliphatic rings. The maximum Gasteiger partial charge on any atom is 0.223 e. The molecule has 2 heteroatoms. The first-order valence-corrected chi connectivity index (χ1v) is 6.08. The molecule has 84 valence electrons. The van der Waals surface area contributed by atoms with Crippen LogP contribution in [-0.2, 0) is 16.6 Å². The van der Waals surface area contributed by atoms with Crippen LogP contribution < -0.4 is 5.32 Å². The zero-order valence-electron chi connectivity index (χ0n) is 9.62. The Labute approximate surface area is 96.1 Å². The van der Waals surface area contributed by atoms with Gasteiger partial charge >= 0.3 is 0 Å². The highest BCUT2D eigenvalue weighted by molar-refractivity contribution is 5.84. The van der Waals surface area contributed by atoms with Gasteiger partial charge in [-0.3, -0.25) is 4.79 Å². The molecule has 1 fully saturated rings. The summed E-state index contributed by atoms with van der Waals surface area (Å²) in [5.41, 5.74) is 3.09. The van der Waals surface area contributed by atoms with Crippen LogP contribution >= 0.6 is 0 Å². The topological polar surface area (TPSA) is 29.1 Å². The minimum absolute atomic E-state index is 0.189. The van der Waals surface area contributed by atoms with Gasteiger partial charge in [0.25, 0.3) is 0 Å². The number of rotatable bonds is 1. The van der Waals surface area contributed by atoms with Crippen molar-refractivity contribution in [2.75, 3.05) is 7.05 Å². The highest BCUT2D eigenvalue weighted by Gasteiger charge is 2.59. The molecule has 0 saturated heterocycles. The number of fused-ring (bicyclic) bond motifs is 2. The Hall–Kier alpha value is -1.31. The summed E-state index contributed by atoms with van der Waals surface area (Å²) >= 11 is 0. The predicted octanol–water partition coefficient (Wildman–Crippen LogP) is 2.03. The van der Waals surface area contributed by atoms with Gasteiger partial charge in [0.05, 0.1) is 0 Å². The molecule has 1 aromatic rings. The van der Waals surface area contributed by atoms with Gasteiger partial charge in [0.2, 0.25) is 5.91 Å². The molecule has 2 nitrogen and oxygen atoms in total. The number of nitrogens with one attached hydrogen (secondary N) is 1. The maximum atomic E-state index is 11.7. The Kier molecular flexibility index (Phi) is 2.06. The van der Waals surface area contributed by atoms with Crippen molar-refractivity contribution in [3.05, 3.63) is 35.4 Å².